The second kappa shape index (κ2) is 5.36. The molecule has 18 heavy (non-hydrogen) atoms. The molecule has 1 saturated carbocycles. The molecule has 1 heteroatoms. The quantitative estimate of drug-likeness (QED) is 0.598. The molecule has 0 aromatic heterocycles. The average molecular weight is 309 g/mol. The number of hydrogen-bond acceptors (Lipinski definition) is 0. The molecule has 1 aliphatic rings. The summed E-state index contributed by atoms with van der Waals surface area (Å²) >= 11 is 3.88. The van der Waals surface area contributed by atoms with Gasteiger partial charge < -0.3 is 0 Å². The molecule has 0 spiro atoms. The molecular weight excluding hydrogens is 284 g/mol. The van der Waals surface area contributed by atoms with Gasteiger partial charge in [0.2, 0.25) is 0 Å². The number of benzene rings is 1. The van der Waals surface area contributed by atoms with Crippen LogP contribution in [-0.2, 0) is 5.41 Å². The molecule has 100 valence electrons. The minimum atomic E-state index is 0.294. The molecule has 0 radical (unpaired) electrons. The van der Waals surface area contributed by atoms with Crippen molar-refractivity contribution < 1.29 is 0 Å². The Bertz CT molecular complexity index is 387. The molecule has 0 saturated heterocycles. The summed E-state index contributed by atoms with van der Waals surface area (Å²) in [5.74, 6) is 1.70. The van der Waals surface area contributed by atoms with Crippen LogP contribution >= 0.6 is 15.9 Å². The number of hydrogen-bond donors (Lipinski definition) is 0. The van der Waals surface area contributed by atoms with Crippen LogP contribution in [0.1, 0.15) is 62.9 Å². The summed E-state index contributed by atoms with van der Waals surface area (Å²) in [6.45, 7) is 9.28. The Morgan fingerprint density at radius 3 is 2.22 bits per heavy atom. The van der Waals surface area contributed by atoms with Crippen molar-refractivity contribution in [3.05, 3.63) is 35.4 Å². The van der Waals surface area contributed by atoms with Gasteiger partial charge in [0.25, 0.3) is 0 Å². The van der Waals surface area contributed by atoms with Crippen molar-refractivity contribution in [1.82, 2.24) is 0 Å². The summed E-state index contributed by atoms with van der Waals surface area (Å²) in [7, 11) is 0. The third-order valence-corrected chi connectivity index (χ3v) is 6.08. The Hall–Kier alpha value is -0.300. The molecule has 1 fully saturated rings. The minimum absolute atomic E-state index is 0.294. The zero-order chi connectivity index (χ0) is 13.3. The van der Waals surface area contributed by atoms with Gasteiger partial charge in [0.1, 0.15) is 0 Å². The maximum atomic E-state index is 3.88. The van der Waals surface area contributed by atoms with E-state index < -0.39 is 0 Å². The summed E-state index contributed by atoms with van der Waals surface area (Å²) in [6.07, 6.45) is 4.02. The molecule has 0 amide bonds. The van der Waals surface area contributed by atoms with E-state index in [-0.39, 0.29) is 0 Å². The summed E-state index contributed by atoms with van der Waals surface area (Å²) in [5, 5.41) is 0. The van der Waals surface area contributed by atoms with E-state index in [1.807, 2.05) is 0 Å². The monoisotopic (exact) mass is 308 g/mol. The van der Waals surface area contributed by atoms with E-state index in [1.54, 1.807) is 0 Å². The van der Waals surface area contributed by atoms with Gasteiger partial charge in [0, 0.05) is 4.83 Å². The molecule has 1 aromatic carbocycles. The van der Waals surface area contributed by atoms with E-state index in [2.05, 4.69) is 67.9 Å². The van der Waals surface area contributed by atoms with Crippen molar-refractivity contribution in [3.63, 3.8) is 0 Å². The average Bonchev–Trinajstić information content (AvgIpc) is 3.21. The Morgan fingerprint density at radius 2 is 1.78 bits per heavy atom. The second-order valence-corrected chi connectivity index (χ2v) is 7.44. The van der Waals surface area contributed by atoms with Crippen molar-refractivity contribution >= 4 is 15.9 Å². The largest absolute Gasteiger partial charge is 0.0836 e. The standard InChI is InChI=1S/C17H25Br/c1-5-17(3,4)15-10-8-14(9-11-15)16(18)12(2)13-6-7-13/h8-13,16H,5-7H2,1-4H3. The Labute approximate surface area is 120 Å². The molecular formula is C17H25Br. The number of alkyl halides is 1. The van der Waals surface area contributed by atoms with Crippen LogP contribution in [0.25, 0.3) is 0 Å². The lowest BCUT2D eigenvalue weighted by atomic mass is 9.81. The highest BCUT2D eigenvalue weighted by molar-refractivity contribution is 9.09. The zero-order valence-corrected chi connectivity index (χ0v) is 13.6. The molecule has 0 bridgehead atoms. The van der Waals surface area contributed by atoms with Crippen LogP contribution < -0.4 is 0 Å². The molecule has 0 nitrogen and oxygen atoms in total. The Kier molecular flexibility index (Phi) is 4.21. The molecule has 0 N–H and O–H groups in total. The van der Waals surface area contributed by atoms with E-state index in [1.165, 1.54) is 30.4 Å². The summed E-state index contributed by atoms with van der Waals surface area (Å²) in [4.78, 5) is 0.517. The molecule has 1 aliphatic carbocycles. The van der Waals surface area contributed by atoms with E-state index in [0.29, 0.717) is 10.2 Å². The van der Waals surface area contributed by atoms with Gasteiger partial charge in [-0.1, -0.05) is 67.9 Å². The summed E-state index contributed by atoms with van der Waals surface area (Å²) in [6, 6.07) is 9.25. The minimum Gasteiger partial charge on any atom is -0.0836 e. The molecule has 2 rings (SSSR count). The SMILES string of the molecule is CCC(C)(C)c1ccc(C(Br)C(C)C2CC2)cc1. The summed E-state index contributed by atoms with van der Waals surface area (Å²) in [5.41, 5.74) is 3.18. The predicted molar refractivity (Wildman–Crippen MR) is 83.3 cm³/mol. The smallest absolute Gasteiger partial charge is 0.0423 e. The van der Waals surface area contributed by atoms with Gasteiger partial charge in [-0.05, 0) is 47.6 Å². The van der Waals surface area contributed by atoms with Gasteiger partial charge in [0.05, 0.1) is 0 Å². The fraction of sp³-hybridized carbons (Fsp3) is 0.647. The van der Waals surface area contributed by atoms with Crippen LogP contribution in [0.4, 0.5) is 0 Å². The lowest BCUT2D eigenvalue weighted by Crippen LogP contribution is -2.15. The first kappa shape index (κ1) is 14.1. The van der Waals surface area contributed by atoms with Crippen molar-refractivity contribution in [2.75, 3.05) is 0 Å². The third-order valence-electron chi connectivity index (χ3n) is 4.72. The van der Waals surface area contributed by atoms with Gasteiger partial charge in [-0.2, -0.15) is 0 Å². The van der Waals surface area contributed by atoms with E-state index in [0.717, 1.165) is 11.8 Å². The maximum Gasteiger partial charge on any atom is 0.0423 e. The van der Waals surface area contributed by atoms with Gasteiger partial charge in [-0.3, -0.25) is 0 Å². The van der Waals surface area contributed by atoms with Crippen molar-refractivity contribution in [2.45, 2.75) is 57.2 Å². The lowest BCUT2D eigenvalue weighted by molar-refractivity contribution is 0.498. The van der Waals surface area contributed by atoms with Crippen LogP contribution in [0.2, 0.25) is 0 Å². The topological polar surface area (TPSA) is 0 Å². The third kappa shape index (κ3) is 2.99. The highest BCUT2D eigenvalue weighted by Crippen LogP contribution is 2.46. The molecule has 2 unspecified atom stereocenters. The second-order valence-electron chi connectivity index (χ2n) is 6.46. The normalized spacial score (nSPS) is 19.6. The number of rotatable bonds is 5. The van der Waals surface area contributed by atoms with Gasteiger partial charge in [-0.25, -0.2) is 0 Å². The van der Waals surface area contributed by atoms with Crippen molar-refractivity contribution in [2.24, 2.45) is 11.8 Å². The van der Waals surface area contributed by atoms with Crippen LogP contribution in [0, 0.1) is 11.8 Å². The fourth-order valence-corrected chi connectivity index (χ4v) is 3.22. The van der Waals surface area contributed by atoms with Crippen LogP contribution in [0.5, 0.6) is 0 Å². The lowest BCUT2D eigenvalue weighted by Gasteiger charge is -2.24. The van der Waals surface area contributed by atoms with Gasteiger partial charge in [-0.15, -0.1) is 0 Å². The predicted octanol–water partition coefficient (Wildman–Crippen LogP) is 5.86. The van der Waals surface area contributed by atoms with E-state index in [4.69, 9.17) is 0 Å². The molecule has 0 aliphatic heterocycles. The Balaban J connectivity index is 2.11. The Morgan fingerprint density at radius 1 is 1.22 bits per heavy atom. The first-order valence-corrected chi connectivity index (χ1v) is 8.12. The van der Waals surface area contributed by atoms with Crippen LogP contribution in [0.15, 0.2) is 24.3 Å². The van der Waals surface area contributed by atoms with Crippen molar-refractivity contribution in [3.8, 4) is 0 Å². The fourth-order valence-electron chi connectivity index (χ4n) is 2.49. The van der Waals surface area contributed by atoms with E-state index >= 15 is 0 Å². The van der Waals surface area contributed by atoms with Gasteiger partial charge in [0.15, 0.2) is 0 Å². The maximum absolute atomic E-state index is 3.88. The first-order valence-electron chi connectivity index (χ1n) is 7.20. The molecule has 2 atom stereocenters. The molecule has 0 heterocycles. The number of halogens is 1. The van der Waals surface area contributed by atoms with Gasteiger partial charge >= 0.3 is 0 Å². The first-order chi connectivity index (χ1) is 8.45. The van der Waals surface area contributed by atoms with E-state index in [9.17, 15) is 0 Å². The van der Waals surface area contributed by atoms with Crippen molar-refractivity contribution in [1.29, 1.82) is 0 Å². The molecule has 1 aromatic rings. The zero-order valence-electron chi connectivity index (χ0n) is 12.0. The highest BCUT2D eigenvalue weighted by Gasteiger charge is 2.32. The highest BCUT2D eigenvalue weighted by atomic mass is 79.9. The van der Waals surface area contributed by atoms with Crippen LogP contribution in [-0.4, -0.2) is 0 Å². The van der Waals surface area contributed by atoms with Crippen LogP contribution in [0.3, 0.4) is 0 Å². The summed E-state index contributed by atoms with van der Waals surface area (Å²) < 4.78 is 0.